The topological polar surface area (TPSA) is 58.2 Å². The zero-order valence-electron chi connectivity index (χ0n) is 17.9. The van der Waals surface area contributed by atoms with Crippen molar-refractivity contribution in [3.05, 3.63) is 11.6 Å². The van der Waals surface area contributed by atoms with Crippen LogP contribution in [-0.2, 0) is 9.59 Å². The van der Waals surface area contributed by atoms with E-state index in [1.165, 1.54) is 19.3 Å². The molecule has 0 bridgehead atoms. The Balaban J connectivity index is 1.64. The van der Waals surface area contributed by atoms with Crippen molar-refractivity contribution in [1.29, 1.82) is 0 Å². The number of halogens is 3. The molecule has 6 atom stereocenters. The summed E-state index contributed by atoms with van der Waals surface area (Å²) in [6.45, 7) is 0.408. The summed E-state index contributed by atoms with van der Waals surface area (Å²) in [4.78, 5) is 25.4. The van der Waals surface area contributed by atoms with Crippen LogP contribution in [0.2, 0.25) is 0 Å². The van der Waals surface area contributed by atoms with Gasteiger partial charge < -0.3 is 10.6 Å². The van der Waals surface area contributed by atoms with Crippen LogP contribution in [0.5, 0.6) is 0 Å². The first kappa shape index (κ1) is 21.7. The average molecular weight is 427 g/mol. The third kappa shape index (κ3) is 3.18. The number of rotatable bonds is 5. The highest BCUT2D eigenvalue weighted by atomic mass is 19.1. The first-order valence-electron chi connectivity index (χ1n) is 11.3. The molecule has 0 aromatic rings. The molecule has 4 aliphatic rings. The van der Waals surface area contributed by atoms with Crippen molar-refractivity contribution in [2.24, 2.45) is 28.6 Å². The van der Waals surface area contributed by atoms with Gasteiger partial charge in [-0.25, -0.2) is 13.2 Å². The smallest absolute Gasteiger partial charge is 0.257 e. The fourth-order valence-electron chi connectivity index (χ4n) is 7.12. The van der Waals surface area contributed by atoms with E-state index in [-0.39, 0.29) is 11.6 Å². The van der Waals surface area contributed by atoms with Gasteiger partial charge in [0.25, 0.3) is 11.8 Å². The summed E-state index contributed by atoms with van der Waals surface area (Å²) in [6, 6.07) is -0.0539. The van der Waals surface area contributed by atoms with Gasteiger partial charge in [-0.15, -0.1) is 0 Å². The van der Waals surface area contributed by atoms with Gasteiger partial charge in [-0.1, -0.05) is 26.3 Å². The van der Waals surface area contributed by atoms with Crippen LogP contribution in [0.1, 0.15) is 58.8 Å². The Labute approximate surface area is 176 Å². The van der Waals surface area contributed by atoms with E-state index in [1.54, 1.807) is 6.08 Å². The van der Waals surface area contributed by atoms with Crippen molar-refractivity contribution < 1.29 is 22.8 Å². The molecule has 0 saturated heterocycles. The summed E-state index contributed by atoms with van der Waals surface area (Å²) >= 11 is 0. The second kappa shape index (κ2) is 7.56. The molecule has 4 rings (SSSR count). The van der Waals surface area contributed by atoms with Gasteiger partial charge in [0.1, 0.15) is 31.1 Å². The highest BCUT2D eigenvalue weighted by Crippen LogP contribution is 2.63. The third-order valence-electron chi connectivity index (χ3n) is 8.95. The molecule has 1 heterocycles. The molecule has 2 N–H and O–H groups in total. The highest BCUT2D eigenvalue weighted by Gasteiger charge is 2.58. The second-order valence-corrected chi connectivity index (χ2v) is 10.6. The van der Waals surface area contributed by atoms with Crippen molar-refractivity contribution in [1.82, 2.24) is 10.6 Å². The number of carbonyl (C=O) groups excluding carboxylic acids is 2. The zero-order chi connectivity index (χ0) is 21.7. The van der Waals surface area contributed by atoms with Gasteiger partial charge in [-0.05, 0) is 61.7 Å². The number of alkyl halides is 3. The molecule has 0 aromatic carbocycles. The predicted molar refractivity (Wildman–Crippen MR) is 108 cm³/mol. The lowest BCUT2D eigenvalue weighted by Gasteiger charge is -2.58. The van der Waals surface area contributed by atoms with E-state index in [4.69, 9.17) is 0 Å². The van der Waals surface area contributed by atoms with E-state index in [1.807, 2.05) is 0 Å². The number of amides is 2. The molecule has 3 saturated carbocycles. The Bertz CT molecular complexity index is 744. The molecule has 0 radical (unpaired) electrons. The minimum atomic E-state index is -2.22. The molecule has 2 amide bonds. The lowest BCUT2D eigenvalue weighted by Crippen LogP contribution is -2.62. The monoisotopic (exact) mass is 426 g/mol. The third-order valence-corrected chi connectivity index (χ3v) is 8.95. The molecule has 3 aliphatic carbocycles. The molecular weight excluding hydrogens is 393 g/mol. The lowest BCUT2D eigenvalue weighted by molar-refractivity contribution is -0.129. The van der Waals surface area contributed by atoms with Crippen molar-refractivity contribution in [3.63, 3.8) is 0 Å². The average Bonchev–Trinajstić information content (AvgIpc) is 3.14. The Hall–Kier alpha value is -1.53. The summed E-state index contributed by atoms with van der Waals surface area (Å²) < 4.78 is 39.7. The van der Waals surface area contributed by atoms with Crippen molar-refractivity contribution >= 4 is 11.8 Å². The molecule has 168 valence electrons. The Morgan fingerprint density at radius 2 is 1.80 bits per heavy atom. The molecule has 7 heteroatoms. The maximum Gasteiger partial charge on any atom is 0.257 e. The number of carbonyl (C=O) groups is 2. The fraction of sp³-hybridized carbons (Fsp3) is 0.826. The molecule has 30 heavy (non-hydrogen) atoms. The van der Waals surface area contributed by atoms with Crippen LogP contribution >= 0.6 is 0 Å². The number of fused-ring (bicyclic) bond motifs is 5. The van der Waals surface area contributed by atoms with Crippen LogP contribution in [0.4, 0.5) is 13.2 Å². The van der Waals surface area contributed by atoms with Crippen LogP contribution in [0.25, 0.3) is 0 Å². The van der Waals surface area contributed by atoms with Crippen LogP contribution in [0.3, 0.4) is 0 Å². The highest BCUT2D eigenvalue weighted by molar-refractivity contribution is 6.19. The van der Waals surface area contributed by atoms with Gasteiger partial charge in [0.2, 0.25) is 0 Å². The molecule has 0 spiro atoms. The molecule has 0 aromatic heterocycles. The quantitative estimate of drug-likeness (QED) is 0.657. The van der Waals surface area contributed by atoms with Crippen molar-refractivity contribution in [2.75, 3.05) is 20.0 Å². The fourth-order valence-corrected chi connectivity index (χ4v) is 7.12. The predicted octanol–water partition coefficient (Wildman–Crippen LogP) is 3.81. The Kier molecular flexibility index (Phi) is 5.46. The number of hydrogen-bond acceptors (Lipinski definition) is 2. The SMILES string of the molecule is C[C@@]12CCC[C@H]1[C@@H]1CCC3NC(=O)C(C(=O)NC(CF)(CF)CF)=C[C@]3(C)[C@@H]1CC2. The molecule has 3 fully saturated rings. The Morgan fingerprint density at radius 1 is 1.10 bits per heavy atom. The molecule has 1 unspecified atom stereocenters. The minimum Gasteiger partial charge on any atom is -0.348 e. The number of nitrogens with one attached hydrogen (secondary N) is 2. The van der Waals surface area contributed by atoms with E-state index in [9.17, 15) is 22.8 Å². The maximum atomic E-state index is 13.2. The van der Waals surface area contributed by atoms with E-state index in [0.717, 1.165) is 25.7 Å². The molecular formula is C23H33F3N2O2. The van der Waals surface area contributed by atoms with E-state index in [0.29, 0.717) is 23.2 Å². The van der Waals surface area contributed by atoms with E-state index in [2.05, 4.69) is 24.5 Å². The standard InChI is InChI=1S/C23H33F3N2O2/c1-21-8-3-4-16(21)14-5-6-18-22(2,17(14)7-9-21)10-15(19(29)27-18)20(30)28-23(11-24,12-25)13-26/h10,14,16-18H,3-9,11-13H2,1-2H3,(H,27,29)(H,28,30)/t14-,16-,17+,18?,21-,22+/m0/s1. The van der Waals surface area contributed by atoms with Crippen LogP contribution in [0, 0.1) is 28.6 Å². The van der Waals surface area contributed by atoms with Gasteiger partial charge in [0, 0.05) is 11.5 Å². The van der Waals surface area contributed by atoms with Crippen LogP contribution in [-0.4, -0.2) is 43.4 Å². The van der Waals surface area contributed by atoms with Crippen LogP contribution in [0.15, 0.2) is 11.6 Å². The summed E-state index contributed by atoms with van der Waals surface area (Å²) in [5, 5.41) is 5.10. The number of hydrogen-bond donors (Lipinski definition) is 2. The first-order valence-corrected chi connectivity index (χ1v) is 11.3. The van der Waals surface area contributed by atoms with Gasteiger partial charge in [-0.3, -0.25) is 9.59 Å². The summed E-state index contributed by atoms with van der Waals surface area (Å²) in [6.07, 6.45) is 9.67. The van der Waals surface area contributed by atoms with E-state index >= 15 is 0 Å². The molecule has 1 aliphatic heterocycles. The summed E-state index contributed by atoms with van der Waals surface area (Å²) in [5.74, 6) is 0.146. The summed E-state index contributed by atoms with van der Waals surface area (Å²) in [5.41, 5.74) is -2.36. The van der Waals surface area contributed by atoms with Gasteiger partial charge in [0.05, 0.1) is 0 Å². The molecule has 4 nitrogen and oxygen atoms in total. The zero-order valence-corrected chi connectivity index (χ0v) is 17.9. The van der Waals surface area contributed by atoms with E-state index < -0.39 is 42.8 Å². The maximum absolute atomic E-state index is 13.2. The van der Waals surface area contributed by atoms with Gasteiger partial charge >= 0.3 is 0 Å². The largest absolute Gasteiger partial charge is 0.348 e. The summed E-state index contributed by atoms with van der Waals surface area (Å²) in [7, 11) is 0. The van der Waals surface area contributed by atoms with Gasteiger partial charge in [-0.2, -0.15) is 0 Å². The van der Waals surface area contributed by atoms with Gasteiger partial charge in [0.15, 0.2) is 0 Å². The van der Waals surface area contributed by atoms with Crippen molar-refractivity contribution in [2.45, 2.75) is 70.4 Å². The normalized spacial score (nSPS) is 40.6. The second-order valence-electron chi connectivity index (χ2n) is 10.6. The lowest BCUT2D eigenvalue weighted by atomic mass is 9.48. The van der Waals surface area contributed by atoms with Crippen molar-refractivity contribution in [3.8, 4) is 0 Å². The Morgan fingerprint density at radius 3 is 2.47 bits per heavy atom. The minimum absolute atomic E-state index is 0.0539. The first-order chi connectivity index (χ1) is 14.2. The van der Waals surface area contributed by atoms with Crippen LogP contribution < -0.4 is 10.6 Å².